The summed E-state index contributed by atoms with van der Waals surface area (Å²) in [7, 11) is 0. The van der Waals surface area contributed by atoms with E-state index in [1.54, 1.807) is 13.0 Å². The van der Waals surface area contributed by atoms with Crippen LogP contribution < -0.4 is 5.32 Å². The van der Waals surface area contributed by atoms with Crippen LogP contribution in [-0.2, 0) is 6.42 Å². The summed E-state index contributed by atoms with van der Waals surface area (Å²) in [5.41, 5.74) is 2.52. The van der Waals surface area contributed by atoms with Crippen molar-refractivity contribution >= 4 is 11.6 Å². The van der Waals surface area contributed by atoms with Gasteiger partial charge in [0.2, 0.25) is 0 Å². The first-order chi connectivity index (χ1) is 10.1. The molecular formula is C18H21ClFN. The van der Waals surface area contributed by atoms with Gasteiger partial charge in [-0.05, 0) is 49.6 Å². The van der Waals surface area contributed by atoms with Crippen LogP contribution in [0.3, 0.4) is 0 Å². The second-order valence-corrected chi connectivity index (χ2v) is 5.76. The SMILES string of the molecule is CCCNC(Cc1cccc(Cl)c1)c1cccc(C)c1F. The lowest BCUT2D eigenvalue weighted by molar-refractivity contribution is 0.494. The maximum Gasteiger partial charge on any atom is 0.130 e. The molecule has 1 unspecified atom stereocenters. The molecule has 3 heteroatoms. The minimum absolute atomic E-state index is 0.0386. The summed E-state index contributed by atoms with van der Waals surface area (Å²) >= 11 is 6.04. The highest BCUT2D eigenvalue weighted by Crippen LogP contribution is 2.24. The maximum absolute atomic E-state index is 14.4. The molecule has 0 saturated carbocycles. The average Bonchev–Trinajstić information content (AvgIpc) is 2.47. The maximum atomic E-state index is 14.4. The van der Waals surface area contributed by atoms with Gasteiger partial charge in [0.05, 0.1) is 0 Å². The van der Waals surface area contributed by atoms with E-state index in [1.807, 2.05) is 36.4 Å². The zero-order chi connectivity index (χ0) is 15.2. The fourth-order valence-electron chi connectivity index (χ4n) is 2.45. The summed E-state index contributed by atoms with van der Waals surface area (Å²) in [5, 5.41) is 4.15. The molecule has 0 saturated heterocycles. The lowest BCUT2D eigenvalue weighted by Crippen LogP contribution is -2.25. The first-order valence-corrected chi connectivity index (χ1v) is 7.72. The molecule has 0 fully saturated rings. The highest BCUT2D eigenvalue weighted by Gasteiger charge is 2.17. The molecule has 0 amide bonds. The van der Waals surface area contributed by atoms with Crippen molar-refractivity contribution in [3.05, 3.63) is 70.0 Å². The van der Waals surface area contributed by atoms with E-state index in [9.17, 15) is 4.39 Å². The normalized spacial score (nSPS) is 12.4. The predicted molar refractivity (Wildman–Crippen MR) is 87.3 cm³/mol. The minimum atomic E-state index is -0.117. The van der Waals surface area contributed by atoms with Gasteiger partial charge in [-0.3, -0.25) is 0 Å². The minimum Gasteiger partial charge on any atom is -0.310 e. The van der Waals surface area contributed by atoms with Crippen LogP contribution in [0.1, 0.15) is 36.1 Å². The summed E-state index contributed by atoms with van der Waals surface area (Å²) < 4.78 is 14.4. The molecule has 2 rings (SSSR count). The van der Waals surface area contributed by atoms with Crippen molar-refractivity contribution < 1.29 is 4.39 Å². The highest BCUT2D eigenvalue weighted by atomic mass is 35.5. The Bertz CT molecular complexity index is 598. The molecule has 1 N–H and O–H groups in total. The van der Waals surface area contributed by atoms with Gasteiger partial charge in [-0.25, -0.2) is 4.39 Å². The molecule has 0 aliphatic heterocycles. The second kappa shape index (κ2) is 7.58. The summed E-state index contributed by atoms with van der Waals surface area (Å²) in [5.74, 6) is -0.117. The number of aryl methyl sites for hydroxylation is 1. The standard InChI is InChI=1S/C18H21ClFN/c1-3-10-21-17(12-14-7-5-8-15(19)11-14)16-9-4-6-13(2)18(16)20/h4-9,11,17,21H,3,10,12H2,1-2H3. The van der Waals surface area contributed by atoms with Gasteiger partial charge in [0.25, 0.3) is 0 Å². The van der Waals surface area contributed by atoms with E-state index in [0.29, 0.717) is 10.6 Å². The Kier molecular flexibility index (Phi) is 5.77. The Morgan fingerprint density at radius 3 is 2.67 bits per heavy atom. The van der Waals surface area contributed by atoms with Crippen LogP contribution in [0.4, 0.5) is 4.39 Å². The van der Waals surface area contributed by atoms with Crippen LogP contribution >= 0.6 is 11.6 Å². The average molecular weight is 306 g/mol. The van der Waals surface area contributed by atoms with E-state index < -0.39 is 0 Å². The molecule has 1 atom stereocenters. The van der Waals surface area contributed by atoms with Gasteiger partial charge < -0.3 is 5.32 Å². The van der Waals surface area contributed by atoms with Crippen molar-refractivity contribution in [1.29, 1.82) is 0 Å². The van der Waals surface area contributed by atoms with E-state index in [4.69, 9.17) is 11.6 Å². The van der Waals surface area contributed by atoms with Gasteiger partial charge in [0.15, 0.2) is 0 Å². The summed E-state index contributed by atoms with van der Waals surface area (Å²) in [6, 6.07) is 13.3. The van der Waals surface area contributed by atoms with Gasteiger partial charge in [-0.1, -0.05) is 48.9 Å². The van der Waals surface area contributed by atoms with Gasteiger partial charge in [-0.2, -0.15) is 0 Å². The third kappa shape index (κ3) is 4.29. The van der Waals surface area contributed by atoms with E-state index in [2.05, 4.69) is 12.2 Å². The predicted octanol–water partition coefficient (Wildman–Crippen LogP) is 5.07. The van der Waals surface area contributed by atoms with E-state index in [1.165, 1.54) is 0 Å². The first-order valence-electron chi connectivity index (χ1n) is 7.34. The van der Waals surface area contributed by atoms with Crippen LogP contribution in [0.5, 0.6) is 0 Å². The lowest BCUT2D eigenvalue weighted by Gasteiger charge is -2.20. The van der Waals surface area contributed by atoms with Gasteiger partial charge in [0, 0.05) is 16.6 Å². The number of hydrogen-bond acceptors (Lipinski definition) is 1. The monoisotopic (exact) mass is 305 g/mol. The van der Waals surface area contributed by atoms with Crippen LogP contribution in [0, 0.1) is 12.7 Å². The van der Waals surface area contributed by atoms with E-state index in [0.717, 1.165) is 30.5 Å². The van der Waals surface area contributed by atoms with Crippen molar-refractivity contribution in [2.24, 2.45) is 0 Å². The number of rotatable bonds is 6. The molecule has 1 nitrogen and oxygen atoms in total. The molecule has 112 valence electrons. The smallest absolute Gasteiger partial charge is 0.130 e. The van der Waals surface area contributed by atoms with Crippen molar-refractivity contribution in [2.45, 2.75) is 32.7 Å². The van der Waals surface area contributed by atoms with Crippen molar-refractivity contribution in [3.8, 4) is 0 Å². The molecular weight excluding hydrogens is 285 g/mol. The van der Waals surface area contributed by atoms with E-state index >= 15 is 0 Å². The van der Waals surface area contributed by atoms with Crippen LogP contribution in [-0.4, -0.2) is 6.54 Å². The van der Waals surface area contributed by atoms with E-state index in [-0.39, 0.29) is 11.9 Å². The summed E-state index contributed by atoms with van der Waals surface area (Å²) in [6.45, 7) is 4.77. The number of nitrogens with one attached hydrogen (secondary N) is 1. The van der Waals surface area contributed by atoms with Gasteiger partial charge >= 0.3 is 0 Å². The Hall–Kier alpha value is -1.38. The second-order valence-electron chi connectivity index (χ2n) is 5.32. The molecule has 0 spiro atoms. The Labute approximate surface area is 131 Å². The molecule has 21 heavy (non-hydrogen) atoms. The summed E-state index contributed by atoms with van der Waals surface area (Å²) in [4.78, 5) is 0. The molecule has 0 heterocycles. The fraction of sp³-hybridized carbons (Fsp3) is 0.333. The van der Waals surface area contributed by atoms with Gasteiger partial charge in [-0.15, -0.1) is 0 Å². The number of benzene rings is 2. The third-order valence-corrected chi connectivity index (χ3v) is 3.80. The molecule has 0 radical (unpaired) electrons. The lowest BCUT2D eigenvalue weighted by atomic mass is 9.96. The molecule has 0 aliphatic carbocycles. The molecule has 0 aliphatic rings. The van der Waals surface area contributed by atoms with Gasteiger partial charge in [0.1, 0.15) is 5.82 Å². The van der Waals surface area contributed by atoms with Crippen LogP contribution in [0.25, 0.3) is 0 Å². The Morgan fingerprint density at radius 2 is 1.95 bits per heavy atom. The quantitative estimate of drug-likeness (QED) is 0.785. The van der Waals surface area contributed by atoms with Crippen molar-refractivity contribution in [1.82, 2.24) is 5.32 Å². The summed E-state index contributed by atoms with van der Waals surface area (Å²) in [6.07, 6.45) is 1.74. The zero-order valence-corrected chi connectivity index (χ0v) is 13.3. The highest BCUT2D eigenvalue weighted by molar-refractivity contribution is 6.30. The first kappa shape index (κ1) is 16.0. The van der Waals surface area contributed by atoms with Crippen LogP contribution in [0.2, 0.25) is 5.02 Å². The Balaban J connectivity index is 2.27. The number of halogens is 2. The molecule has 0 bridgehead atoms. The van der Waals surface area contributed by atoms with Crippen LogP contribution in [0.15, 0.2) is 42.5 Å². The Morgan fingerprint density at radius 1 is 1.19 bits per heavy atom. The zero-order valence-electron chi connectivity index (χ0n) is 12.5. The number of hydrogen-bond donors (Lipinski definition) is 1. The topological polar surface area (TPSA) is 12.0 Å². The third-order valence-electron chi connectivity index (χ3n) is 3.57. The van der Waals surface area contributed by atoms with Crippen molar-refractivity contribution in [2.75, 3.05) is 6.54 Å². The molecule has 0 aromatic heterocycles. The molecule has 2 aromatic carbocycles. The largest absolute Gasteiger partial charge is 0.310 e. The van der Waals surface area contributed by atoms with Crippen molar-refractivity contribution in [3.63, 3.8) is 0 Å². The fourth-order valence-corrected chi connectivity index (χ4v) is 2.66. The molecule has 2 aromatic rings.